The quantitative estimate of drug-likeness (QED) is 0.427. The summed E-state index contributed by atoms with van der Waals surface area (Å²) in [6, 6.07) is 23.5. The Hall–Kier alpha value is -2.98. The predicted molar refractivity (Wildman–Crippen MR) is 110 cm³/mol. The van der Waals surface area contributed by atoms with E-state index in [1.165, 1.54) is 29.7 Å². The highest BCUT2D eigenvalue weighted by molar-refractivity contribution is 7.93. The fourth-order valence-corrected chi connectivity index (χ4v) is 4.36. The Kier molecular flexibility index (Phi) is 4.50. The van der Waals surface area contributed by atoms with Crippen LogP contribution >= 0.6 is 0 Å². The summed E-state index contributed by atoms with van der Waals surface area (Å²) in [6.45, 7) is 0. The van der Waals surface area contributed by atoms with Crippen LogP contribution in [0.4, 0.5) is 4.39 Å². The molecule has 0 spiro atoms. The third-order valence-corrected chi connectivity index (χ3v) is 5.82. The van der Waals surface area contributed by atoms with Gasteiger partial charge in [-0.3, -0.25) is 0 Å². The van der Waals surface area contributed by atoms with Gasteiger partial charge in [-0.05, 0) is 56.9 Å². The second-order valence-electron chi connectivity index (χ2n) is 6.47. The van der Waals surface area contributed by atoms with Crippen LogP contribution in [0.25, 0.3) is 27.6 Å². The lowest BCUT2D eigenvalue weighted by Crippen LogP contribution is -2.00. The molecule has 0 saturated heterocycles. The van der Waals surface area contributed by atoms with Crippen molar-refractivity contribution in [3.63, 3.8) is 0 Å². The Balaban J connectivity index is 1.78. The Labute approximate surface area is 157 Å². The second-order valence-corrected chi connectivity index (χ2v) is 8.36. The van der Waals surface area contributed by atoms with E-state index in [9.17, 15) is 12.8 Å². The minimum atomic E-state index is -3.49. The van der Waals surface area contributed by atoms with Gasteiger partial charge in [0.05, 0.1) is 5.75 Å². The Morgan fingerprint density at radius 2 is 1.33 bits per heavy atom. The molecule has 0 amide bonds. The summed E-state index contributed by atoms with van der Waals surface area (Å²) in [5, 5.41) is 5.39. The van der Waals surface area contributed by atoms with E-state index in [-0.39, 0.29) is 11.6 Å². The van der Waals surface area contributed by atoms with Crippen LogP contribution < -0.4 is 0 Å². The molecule has 4 aromatic rings. The normalized spacial score (nSPS) is 12.2. The van der Waals surface area contributed by atoms with Crippen LogP contribution in [0, 0.1) is 5.82 Å². The van der Waals surface area contributed by atoms with Crippen LogP contribution in [0.1, 0.15) is 11.1 Å². The maximum atomic E-state index is 13.0. The van der Waals surface area contributed by atoms with Gasteiger partial charge in [-0.25, -0.2) is 12.8 Å². The molecule has 4 rings (SSSR count). The summed E-state index contributed by atoms with van der Waals surface area (Å²) in [6.07, 6.45) is 1.67. The fraction of sp³-hybridized carbons (Fsp3) is 0.0435. The number of benzene rings is 4. The van der Waals surface area contributed by atoms with E-state index in [1.807, 2.05) is 48.5 Å². The fourth-order valence-electron chi connectivity index (χ4n) is 3.26. The summed E-state index contributed by atoms with van der Waals surface area (Å²) in [5.41, 5.74) is 1.44. The first-order valence-corrected chi connectivity index (χ1v) is 10.3. The molecule has 0 aliphatic carbocycles. The van der Waals surface area contributed by atoms with Gasteiger partial charge in [0.25, 0.3) is 0 Å². The molecule has 0 fully saturated rings. The molecule has 0 unspecified atom stereocenters. The standard InChI is InChI=1S/C23H17FO2S/c24-20-11-9-17(10-12-20)16-27(25,26)14-13-23-21-7-3-1-5-18(21)15-19-6-2-4-8-22(19)23/h1-15H,16H2/b14-13+. The van der Waals surface area contributed by atoms with Crippen molar-refractivity contribution in [1.82, 2.24) is 0 Å². The lowest BCUT2D eigenvalue weighted by molar-refractivity contribution is 0.603. The van der Waals surface area contributed by atoms with Crippen LogP contribution in [0.15, 0.2) is 84.3 Å². The highest BCUT2D eigenvalue weighted by Crippen LogP contribution is 2.29. The van der Waals surface area contributed by atoms with E-state index >= 15 is 0 Å². The van der Waals surface area contributed by atoms with Gasteiger partial charge >= 0.3 is 0 Å². The van der Waals surface area contributed by atoms with Gasteiger partial charge in [0, 0.05) is 5.41 Å². The van der Waals surface area contributed by atoms with Gasteiger partial charge in [0.1, 0.15) is 5.82 Å². The third kappa shape index (κ3) is 3.76. The molecule has 134 valence electrons. The van der Waals surface area contributed by atoms with Gasteiger partial charge in [-0.2, -0.15) is 0 Å². The zero-order chi connectivity index (χ0) is 18.9. The maximum Gasteiger partial charge on any atom is 0.175 e. The average Bonchev–Trinajstić information content (AvgIpc) is 2.67. The first kappa shape index (κ1) is 17.4. The number of sulfone groups is 1. The zero-order valence-electron chi connectivity index (χ0n) is 14.5. The number of fused-ring (bicyclic) bond motifs is 2. The summed E-state index contributed by atoms with van der Waals surface area (Å²) < 4.78 is 38.1. The monoisotopic (exact) mass is 376 g/mol. The summed E-state index contributed by atoms with van der Waals surface area (Å²) in [4.78, 5) is 0. The van der Waals surface area contributed by atoms with Crippen LogP contribution in [-0.4, -0.2) is 8.42 Å². The van der Waals surface area contributed by atoms with Crippen molar-refractivity contribution in [2.75, 3.05) is 0 Å². The van der Waals surface area contributed by atoms with E-state index in [0.717, 1.165) is 27.1 Å². The molecule has 27 heavy (non-hydrogen) atoms. The van der Waals surface area contributed by atoms with E-state index < -0.39 is 9.84 Å². The smallest absolute Gasteiger partial charge is 0.175 e. The van der Waals surface area contributed by atoms with Crippen molar-refractivity contribution < 1.29 is 12.8 Å². The van der Waals surface area contributed by atoms with Gasteiger partial charge in [0.2, 0.25) is 0 Å². The van der Waals surface area contributed by atoms with Gasteiger partial charge in [-0.1, -0.05) is 60.7 Å². The zero-order valence-corrected chi connectivity index (χ0v) is 15.3. The Bertz CT molecular complexity index is 1200. The molecule has 0 saturated carbocycles. The maximum absolute atomic E-state index is 13.0. The number of hydrogen-bond donors (Lipinski definition) is 0. The SMILES string of the molecule is O=S(=O)(/C=C/c1c2ccccc2cc2ccccc12)Cc1ccc(F)cc1. The molecule has 0 heterocycles. The van der Waals surface area contributed by atoms with Crippen molar-refractivity contribution in [2.45, 2.75) is 5.75 Å². The number of hydrogen-bond acceptors (Lipinski definition) is 2. The second kappa shape index (κ2) is 6.97. The highest BCUT2D eigenvalue weighted by Gasteiger charge is 2.10. The van der Waals surface area contributed by atoms with Crippen molar-refractivity contribution in [3.05, 3.63) is 101 Å². The topological polar surface area (TPSA) is 34.1 Å². The molecule has 4 aromatic carbocycles. The lowest BCUT2D eigenvalue weighted by atomic mass is 9.97. The van der Waals surface area contributed by atoms with Gasteiger partial charge in [0.15, 0.2) is 9.84 Å². The summed E-state index contributed by atoms with van der Waals surface area (Å²) in [5.74, 6) is -0.541. The molecule has 2 nitrogen and oxygen atoms in total. The average molecular weight is 376 g/mol. The van der Waals surface area contributed by atoms with E-state index in [2.05, 4.69) is 6.07 Å². The lowest BCUT2D eigenvalue weighted by Gasteiger charge is -2.08. The number of rotatable bonds is 4. The molecular formula is C23H17FO2S. The van der Waals surface area contributed by atoms with Crippen molar-refractivity contribution in [2.24, 2.45) is 0 Å². The Morgan fingerprint density at radius 3 is 1.93 bits per heavy atom. The van der Waals surface area contributed by atoms with Crippen LogP contribution in [0.2, 0.25) is 0 Å². The van der Waals surface area contributed by atoms with E-state index in [1.54, 1.807) is 6.08 Å². The summed E-state index contributed by atoms with van der Waals surface area (Å²) in [7, 11) is -3.49. The molecule has 0 atom stereocenters. The molecule has 0 bridgehead atoms. The largest absolute Gasteiger partial charge is 0.224 e. The molecule has 0 radical (unpaired) electrons. The van der Waals surface area contributed by atoms with Crippen LogP contribution in [-0.2, 0) is 15.6 Å². The molecule has 0 aliphatic rings. The van der Waals surface area contributed by atoms with Crippen LogP contribution in [0.5, 0.6) is 0 Å². The van der Waals surface area contributed by atoms with E-state index in [0.29, 0.717) is 5.56 Å². The molecule has 0 aliphatic heterocycles. The van der Waals surface area contributed by atoms with Crippen molar-refractivity contribution in [1.29, 1.82) is 0 Å². The van der Waals surface area contributed by atoms with Gasteiger partial charge in [-0.15, -0.1) is 0 Å². The highest BCUT2D eigenvalue weighted by atomic mass is 32.2. The predicted octanol–water partition coefficient (Wildman–Crippen LogP) is 5.72. The minimum absolute atomic E-state index is 0.160. The number of halogens is 1. The first-order chi connectivity index (χ1) is 13.0. The van der Waals surface area contributed by atoms with Crippen LogP contribution in [0.3, 0.4) is 0 Å². The third-order valence-electron chi connectivity index (χ3n) is 4.54. The van der Waals surface area contributed by atoms with Crippen molar-refractivity contribution in [3.8, 4) is 0 Å². The van der Waals surface area contributed by atoms with E-state index in [4.69, 9.17) is 0 Å². The summed E-state index contributed by atoms with van der Waals surface area (Å²) >= 11 is 0. The molecule has 4 heteroatoms. The Morgan fingerprint density at radius 1 is 0.778 bits per heavy atom. The molecular weight excluding hydrogens is 359 g/mol. The minimum Gasteiger partial charge on any atom is -0.224 e. The van der Waals surface area contributed by atoms with Gasteiger partial charge < -0.3 is 0 Å². The van der Waals surface area contributed by atoms with Crippen molar-refractivity contribution >= 4 is 37.5 Å². The molecule has 0 aromatic heterocycles. The first-order valence-electron chi connectivity index (χ1n) is 8.58. The molecule has 0 N–H and O–H groups in total.